The Bertz CT molecular complexity index is 646. The summed E-state index contributed by atoms with van der Waals surface area (Å²) in [6.07, 6.45) is 2.99. The van der Waals surface area contributed by atoms with Crippen LogP contribution in [0, 0.1) is 0 Å². The number of aromatic nitrogens is 1. The van der Waals surface area contributed by atoms with Crippen LogP contribution >= 0.6 is 11.3 Å². The predicted octanol–water partition coefficient (Wildman–Crippen LogP) is 3.03. The molecule has 0 bridgehead atoms. The molecule has 0 spiro atoms. The quantitative estimate of drug-likeness (QED) is 0.598. The number of hydrogen-bond donors (Lipinski definition) is 2. The van der Waals surface area contributed by atoms with Gasteiger partial charge in [0.05, 0.1) is 13.1 Å². The number of aryl methyl sites for hydroxylation is 1. The van der Waals surface area contributed by atoms with Crippen molar-refractivity contribution in [2.75, 3.05) is 25.5 Å². The van der Waals surface area contributed by atoms with Crippen LogP contribution < -0.4 is 15.5 Å². The standard InChI is InChI=1S/C18H27N5S/c1-5-16-12-20-17(24-16)13-22-18(19-6-2)21-11-14-7-9-15(10-8-14)23(3)4/h7-10,12H,5-6,11,13H2,1-4H3,(H2,19,21,22). The van der Waals surface area contributed by atoms with Crippen LogP contribution in [0.1, 0.15) is 29.3 Å². The molecule has 2 aromatic rings. The third-order valence-electron chi connectivity index (χ3n) is 3.57. The van der Waals surface area contributed by atoms with Crippen LogP contribution in [0.5, 0.6) is 0 Å². The molecule has 1 aromatic heterocycles. The fraction of sp³-hybridized carbons (Fsp3) is 0.444. The van der Waals surface area contributed by atoms with Gasteiger partial charge in [0, 0.05) is 37.4 Å². The van der Waals surface area contributed by atoms with Crippen molar-refractivity contribution in [1.29, 1.82) is 0 Å². The van der Waals surface area contributed by atoms with E-state index in [0.717, 1.165) is 23.9 Å². The van der Waals surface area contributed by atoms with Gasteiger partial charge in [0.2, 0.25) is 0 Å². The van der Waals surface area contributed by atoms with E-state index in [2.05, 4.69) is 63.6 Å². The van der Waals surface area contributed by atoms with Gasteiger partial charge in [-0.1, -0.05) is 19.1 Å². The van der Waals surface area contributed by atoms with Gasteiger partial charge in [-0.3, -0.25) is 0 Å². The summed E-state index contributed by atoms with van der Waals surface area (Å²) in [5, 5.41) is 7.72. The molecule has 0 unspecified atom stereocenters. The maximum absolute atomic E-state index is 4.66. The largest absolute Gasteiger partial charge is 0.378 e. The third kappa shape index (κ3) is 5.53. The molecule has 1 aromatic carbocycles. The Hall–Kier alpha value is -2.08. The van der Waals surface area contributed by atoms with Crippen molar-refractivity contribution >= 4 is 23.0 Å². The van der Waals surface area contributed by atoms with Crippen molar-refractivity contribution < 1.29 is 0 Å². The highest BCUT2D eigenvalue weighted by molar-refractivity contribution is 7.11. The molecule has 24 heavy (non-hydrogen) atoms. The van der Waals surface area contributed by atoms with Crippen molar-refractivity contribution in [3.8, 4) is 0 Å². The minimum atomic E-state index is 0.654. The first-order chi connectivity index (χ1) is 11.6. The summed E-state index contributed by atoms with van der Waals surface area (Å²) in [5.41, 5.74) is 2.39. The average Bonchev–Trinajstić information content (AvgIpc) is 3.06. The fourth-order valence-electron chi connectivity index (χ4n) is 2.16. The van der Waals surface area contributed by atoms with Gasteiger partial charge in [-0.25, -0.2) is 9.98 Å². The third-order valence-corrected chi connectivity index (χ3v) is 4.72. The average molecular weight is 346 g/mol. The Labute approximate surface area is 148 Å². The van der Waals surface area contributed by atoms with Gasteiger partial charge >= 0.3 is 0 Å². The summed E-state index contributed by atoms with van der Waals surface area (Å²) in [6, 6.07) is 8.48. The van der Waals surface area contributed by atoms with E-state index in [1.165, 1.54) is 16.1 Å². The molecule has 2 N–H and O–H groups in total. The molecule has 5 nitrogen and oxygen atoms in total. The molecule has 0 amide bonds. The Morgan fingerprint density at radius 2 is 1.92 bits per heavy atom. The van der Waals surface area contributed by atoms with E-state index in [1.807, 2.05) is 20.3 Å². The highest BCUT2D eigenvalue weighted by Crippen LogP contribution is 2.14. The number of aliphatic imine (C=N–C) groups is 1. The van der Waals surface area contributed by atoms with E-state index in [-0.39, 0.29) is 0 Å². The number of nitrogens with zero attached hydrogens (tertiary/aromatic N) is 3. The second-order valence-electron chi connectivity index (χ2n) is 5.68. The molecule has 0 aliphatic heterocycles. The molecular weight excluding hydrogens is 318 g/mol. The van der Waals surface area contributed by atoms with Gasteiger partial charge in [-0.15, -0.1) is 11.3 Å². The Morgan fingerprint density at radius 1 is 1.17 bits per heavy atom. The maximum atomic E-state index is 4.66. The normalized spacial score (nSPS) is 11.4. The van der Waals surface area contributed by atoms with E-state index in [9.17, 15) is 0 Å². The Kier molecular flexibility index (Phi) is 7.06. The molecule has 0 aliphatic carbocycles. The lowest BCUT2D eigenvalue weighted by Gasteiger charge is -2.13. The van der Waals surface area contributed by atoms with Crippen LogP contribution in [-0.2, 0) is 19.5 Å². The van der Waals surface area contributed by atoms with Crippen LogP contribution in [0.25, 0.3) is 0 Å². The van der Waals surface area contributed by atoms with Crippen LogP contribution in [0.15, 0.2) is 35.5 Å². The Morgan fingerprint density at radius 3 is 2.50 bits per heavy atom. The molecule has 0 atom stereocenters. The molecule has 130 valence electrons. The van der Waals surface area contributed by atoms with Gasteiger partial charge < -0.3 is 15.5 Å². The molecule has 0 saturated carbocycles. The van der Waals surface area contributed by atoms with Gasteiger partial charge in [-0.2, -0.15) is 0 Å². The second-order valence-corrected chi connectivity index (χ2v) is 6.88. The second kappa shape index (κ2) is 9.27. The summed E-state index contributed by atoms with van der Waals surface area (Å²) < 4.78 is 0. The minimum Gasteiger partial charge on any atom is -0.378 e. The number of anilines is 1. The molecule has 0 fully saturated rings. The van der Waals surface area contributed by atoms with Crippen molar-refractivity contribution in [2.45, 2.75) is 33.4 Å². The summed E-state index contributed by atoms with van der Waals surface area (Å²) in [7, 11) is 4.09. The van der Waals surface area contributed by atoms with E-state index in [1.54, 1.807) is 11.3 Å². The highest BCUT2D eigenvalue weighted by atomic mass is 32.1. The van der Waals surface area contributed by atoms with Crippen LogP contribution in [0.2, 0.25) is 0 Å². The number of thiazole rings is 1. The number of nitrogens with one attached hydrogen (secondary N) is 2. The molecule has 6 heteroatoms. The molecule has 1 heterocycles. The van der Waals surface area contributed by atoms with Crippen molar-refractivity contribution in [3.05, 3.63) is 45.9 Å². The Balaban J connectivity index is 1.94. The number of rotatable bonds is 7. The molecular formula is C18H27N5S. The zero-order valence-electron chi connectivity index (χ0n) is 15.0. The fourth-order valence-corrected chi connectivity index (χ4v) is 2.97. The summed E-state index contributed by atoms with van der Waals surface area (Å²) in [6.45, 7) is 6.42. The first-order valence-corrected chi connectivity index (χ1v) is 9.16. The summed E-state index contributed by atoms with van der Waals surface area (Å²) in [4.78, 5) is 12.5. The van der Waals surface area contributed by atoms with E-state index in [4.69, 9.17) is 0 Å². The topological polar surface area (TPSA) is 52.6 Å². The first kappa shape index (κ1) is 18.3. The number of benzene rings is 1. The van der Waals surface area contributed by atoms with Gasteiger partial charge in [0.25, 0.3) is 0 Å². The van der Waals surface area contributed by atoms with Gasteiger partial charge in [-0.05, 0) is 31.0 Å². The van der Waals surface area contributed by atoms with Crippen molar-refractivity contribution in [1.82, 2.24) is 15.6 Å². The summed E-state index contributed by atoms with van der Waals surface area (Å²) >= 11 is 1.75. The zero-order valence-corrected chi connectivity index (χ0v) is 15.8. The lowest BCUT2D eigenvalue weighted by atomic mass is 10.2. The van der Waals surface area contributed by atoms with E-state index < -0.39 is 0 Å². The maximum Gasteiger partial charge on any atom is 0.191 e. The number of hydrogen-bond acceptors (Lipinski definition) is 4. The molecule has 0 saturated heterocycles. The van der Waals surface area contributed by atoms with E-state index >= 15 is 0 Å². The van der Waals surface area contributed by atoms with Crippen LogP contribution in [0.4, 0.5) is 5.69 Å². The lowest BCUT2D eigenvalue weighted by Crippen LogP contribution is -2.36. The first-order valence-electron chi connectivity index (χ1n) is 8.34. The molecule has 2 rings (SSSR count). The lowest BCUT2D eigenvalue weighted by molar-refractivity contribution is 0.811. The van der Waals surface area contributed by atoms with Crippen LogP contribution in [0.3, 0.4) is 0 Å². The monoisotopic (exact) mass is 345 g/mol. The minimum absolute atomic E-state index is 0.654. The SMILES string of the molecule is CCNC(=NCc1ccc(N(C)C)cc1)NCc1ncc(CC)s1. The summed E-state index contributed by atoms with van der Waals surface area (Å²) in [5.74, 6) is 0.822. The van der Waals surface area contributed by atoms with Gasteiger partial charge in [0.15, 0.2) is 5.96 Å². The predicted molar refractivity (Wildman–Crippen MR) is 104 cm³/mol. The molecule has 0 aliphatic rings. The smallest absolute Gasteiger partial charge is 0.191 e. The zero-order chi connectivity index (χ0) is 17.4. The number of guanidine groups is 1. The van der Waals surface area contributed by atoms with Gasteiger partial charge in [0.1, 0.15) is 5.01 Å². The molecule has 0 radical (unpaired) electrons. The highest BCUT2D eigenvalue weighted by Gasteiger charge is 2.03. The van der Waals surface area contributed by atoms with Crippen molar-refractivity contribution in [2.24, 2.45) is 4.99 Å². The van der Waals surface area contributed by atoms with Crippen LogP contribution in [-0.4, -0.2) is 31.6 Å². The van der Waals surface area contributed by atoms with E-state index in [0.29, 0.717) is 13.1 Å². The van der Waals surface area contributed by atoms with Crippen molar-refractivity contribution in [3.63, 3.8) is 0 Å².